The lowest BCUT2D eigenvalue weighted by Crippen LogP contribution is -1.99. The lowest BCUT2D eigenvalue weighted by atomic mass is 10.1. The van der Waals surface area contributed by atoms with E-state index in [0.717, 1.165) is 46.5 Å². The maximum Gasteiger partial charge on any atom is 0.125 e. The van der Waals surface area contributed by atoms with Gasteiger partial charge in [-0.15, -0.1) is 0 Å². The van der Waals surface area contributed by atoms with E-state index in [1.54, 1.807) is 4.68 Å². The highest BCUT2D eigenvalue weighted by atomic mass is 15.3. The molecule has 0 aliphatic heterocycles. The fourth-order valence-corrected chi connectivity index (χ4v) is 2.66. The van der Waals surface area contributed by atoms with Gasteiger partial charge in [0.1, 0.15) is 17.2 Å². The molecule has 5 heteroatoms. The van der Waals surface area contributed by atoms with Crippen molar-refractivity contribution in [1.29, 1.82) is 0 Å². The number of fused-ring (bicyclic) bond motifs is 1. The number of nitrogen functional groups attached to an aromatic ring is 1. The van der Waals surface area contributed by atoms with Crippen molar-refractivity contribution in [1.82, 2.24) is 19.6 Å². The van der Waals surface area contributed by atoms with Crippen molar-refractivity contribution in [2.75, 3.05) is 5.73 Å². The summed E-state index contributed by atoms with van der Waals surface area (Å²) in [6, 6.07) is 8.20. The zero-order valence-electron chi connectivity index (χ0n) is 12.1. The standard InChI is InChI=1S/C15H19N5/c1-4-7-11-14(18-20(3)15(11)16)13-10-8-5-6-9-12(10)19(2)17-13/h5-6,8-9H,4,7,16H2,1-3H3. The summed E-state index contributed by atoms with van der Waals surface area (Å²) in [5.74, 6) is 0.733. The summed E-state index contributed by atoms with van der Waals surface area (Å²) < 4.78 is 3.63. The summed E-state index contributed by atoms with van der Waals surface area (Å²) in [5, 5.41) is 10.3. The minimum absolute atomic E-state index is 0.733. The van der Waals surface area contributed by atoms with Crippen LogP contribution in [-0.4, -0.2) is 19.6 Å². The van der Waals surface area contributed by atoms with Crippen molar-refractivity contribution in [2.24, 2.45) is 14.1 Å². The van der Waals surface area contributed by atoms with Gasteiger partial charge in [-0.2, -0.15) is 10.2 Å². The first-order valence-corrected chi connectivity index (χ1v) is 6.87. The van der Waals surface area contributed by atoms with Gasteiger partial charge < -0.3 is 5.73 Å². The van der Waals surface area contributed by atoms with Crippen LogP contribution in [0.1, 0.15) is 18.9 Å². The number of para-hydroxylation sites is 1. The number of nitrogens with two attached hydrogens (primary N) is 1. The highest BCUT2D eigenvalue weighted by Crippen LogP contribution is 2.32. The Morgan fingerprint density at radius 3 is 2.50 bits per heavy atom. The molecule has 0 radical (unpaired) electrons. The van der Waals surface area contributed by atoms with Crippen molar-refractivity contribution >= 4 is 16.7 Å². The Morgan fingerprint density at radius 2 is 1.75 bits per heavy atom. The Hall–Kier alpha value is -2.30. The van der Waals surface area contributed by atoms with E-state index in [1.165, 1.54) is 0 Å². The lowest BCUT2D eigenvalue weighted by Gasteiger charge is -2.00. The largest absolute Gasteiger partial charge is 0.384 e. The number of rotatable bonds is 3. The maximum atomic E-state index is 6.14. The summed E-state index contributed by atoms with van der Waals surface area (Å²) in [5.41, 5.74) is 10.2. The topological polar surface area (TPSA) is 61.7 Å². The molecule has 2 heterocycles. The second-order valence-corrected chi connectivity index (χ2v) is 5.08. The highest BCUT2D eigenvalue weighted by molar-refractivity contribution is 5.93. The van der Waals surface area contributed by atoms with Crippen LogP contribution in [0.2, 0.25) is 0 Å². The van der Waals surface area contributed by atoms with E-state index >= 15 is 0 Å². The third kappa shape index (κ3) is 1.78. The molecule has 2 N–H and O–H groups in total. The number of nitrogens with zero attached hydrogens (tertiary/aromatic N) is 4. The van der Waals surface area contributed by atoms with Crippen molar-refractivity contribution in [3.05, 3.63) is 29.8 Å². The second kappa shape index (κ2) is 4.67. The Labute approximate surface area is 118 Å². The second-order valence-electron chi connectivity index (χ2n) is 5.08. The Bertz CT molecular complexity index is 766. The monoisotopic (exact) mass is 269 g/mol. The molecule has 3 aromatic rings. The molecule has 0 atom stereocenters. The molecule has 0 amide bonds. The van der Waals surface area contributed by atoms with Gasteiger partial charge in [0.05, 0.1) is 5.52 Å². The number of hydrogen-bond acceptors (Lipinski definition) is 3. The molecule has 20 heavy (non-hydrogen) atoms. The number of aromatic nitrogens is 4. The molecule has 0 aliphatic carbocycles. The van der Waals surface area contributed by atoms with Gasteiger partial charge in [0.15, 0.2) is 0 Å². The molecule has 5 nitrogen and oxygen atoms in total. The number of anilines is 1. The molecule has 0 fully saturated rings. The van der Waals surface area contributed by atoms with Gasteiger partial charge >= 0.3 is 0 Å². The fraction of sp³-hybridized carbons (Fsp3) is 0.333. The summed E-state index contributed by atoms with van der Waals surface area (Å²) >= 11 is 0. The molecule has 0 aliphatic rings. The Balaban J connectivity index is 2.28. The molecule has 104 valence electrons. The van der Waals surface area contributed by atoms with Crippen LogP contribution in [-0.2, 0) is 20.5 Å². The first kappa shape index (κ1) is 12.7. The van der Waals surface area contributed by atoms with Crippen LogP contribution in [0.25, 0.3) is 22.3 Å². The quantitative estimate of drug-likeness (QED) is 0.794. The SMILES string of the molecule is CCCc1c(-c2nn(C)c3ccccc23)nn(C)c1N. The minimum Gasteiger partial charge on any atom is -0.384 e. The summed E-state index contributed by atoms with van der Waals surface area (Å²) in [7, 11) is 3.83. The van der Waals surface area contributed by atoms with E-state index in [0.29, 0.717) is 0 Å². The average molecular weight is 269 g/mol. The highest BCUT2D eigenvalue weighted by Gasteiger charge is 2.19. The van der Waals surface area contributed by atoms with Gasteiger partial charge in [0.2, 0.25) is 0 Å². The minimum atomic E-state index is 0.733. The van der Waals surface area contributed by atoms with Gasteiger partial charge in [-0.1, -0.05) is 31.5 Å². The third-order valence-electron chi connectivity index (χ3n) is 3.68. The molecule has 2 aromatic heterocycles. The molecule has 0 unspecified atom stereocenters. The molecule has 0 saturated heterocycles. The van der Waals surface area contributed by atoms with Crippen LogP contribution >= 0.6 is 0 Å². The first-order valence-electron chi connectivity index (χ1n) is 6.87. The molecular formula is C15H19N5. The maximum absolute atomic E-state index is 6.14. The van der Waals surface area contributed by atoms with Crippen LogP contribution in [0.5, 0.6) is 0 Å². The van der Waals surface area contributed by atoms with Crippen LogP contribution in [0, 0.1) is 0 Å². The number of benzene rings is 1. The van der Waals surface area contributed by atoms with E-state index in [4.69, 9.17) is 5.73 Å². The van der Waals surface area contributed by atoms with E-state index in [9.17, 15) is 0 Å². The van der Waals surface area contributed by atoms with Gasteiger partial charge in [0.25, 0.3) is 0 Å². The number of aryl methyl sites for hydroxylation is 2. The smallest absolute Gasteiger partial charge is 0.125 e. The molecular weight excluding hydrogens is 250 g/mol. The van der Waals surface area contributed by atoms with E-state index < -0.39 is 0 Å². The van der Waals surface area contributed by atoms with E-state index in [1.807, 2.05) is 30.9 Å². The zero-order chi connectivity index (χ0) is 14.3. The molecule has 1 aromatic carbocycles. The predicted molar refractivity (Wildman–Crippen MR) is 81.3 cm³/mol. The van der Waals surface area contributed by atoms with Crippen LogP contribution in [0.3, 0.4) is 0 Å². The van der Waals surface area contributed by atoms with Crippen molar-refractivity contribution in [3.8, 4) is 11.4 Å². The van der Waals surface area contributed by atoms with Crippen LogP contribution in [0.15, 0.2) is 24.3 Å². The van der Waals surface area contributed by atoms with E-state index in [-0.39, 0.29) is 0 Å². The van der Waals surface area contributed by atoms with Gasteiger partial charge in [-0.3, -0.25) is 9.36 Å². The van der Waals surface area contributed by atoms with E-state index in [2.05, 4.69) is 29.3 Å². The zero-order valence-corrected chi connectivity index (χ0v) is 12.1. The summed E-state index contributed by atoms with van der Waals surface area (Å²) in [6.07, 6.45) is 1.95. The molecule has 0 saturated carbocycles. The summed E-state index contributed by atoms with van der Waals surface area (Å²) in [4.78, 5) is 0. The molecule has 3 rings (SSSR count). The van der Waals surface area contributed by atoms with Gasteiger partial charge in [0, 0.05) is 25.0 Å². The van der Waals surface area contributed by atoms with Crippen molar-refractivity contribution < 1.29 is 0 Å². The van der Waals surface area contributed by atoms with Gasteiger partial charge in [-0.25, -0.2) is 0 Å². The molecule has 0 spiro atoms. The number of hydrogen-bond donors (Lipinski definition) is 1. The van der Waals surface area contributed by atoms with Crippen LogP contribution < -0.4 is 5.73 Å². The lowest BCUT2D eigenvalue weighted by molar-refractivity contribution is 0.772. The first-order chi connectivity index (χ1) is 9.63. The van der Waals surface area contributed by atoms with Crippen molar-refractivity contribution in [2.45, 2.75) is 19.8 Å². The Kier molecular flexibility index (Phi) is 2.97. The fourth-order valence-electron chi connectivity index (χ4n) is 2.66. The summed E-state index contributed by atoms with van der Waals surface area (Å²) in [6.45, 7) is 2.15. The molecule has 0 bridgehead atoms. The van der Waals surface area contributed by atoms with Crippen LogP contribution in [0.4, 0.5) is 5.82 Å². The third-order valence-corrected chi connectivity index (χ3v) is 3.68. The Morgan fingerprint density at radius 1 is 1.05 bits per heavy atom. The average Bonchev–Trinajstić information content (AvgIpc) is 2.92. The van der Waals surface area contributed by atoms with Crippen molar-refractivity contribution in [3.63, 3.8) is 0 Å². The normalized spacial score (nSPS) is 11.3. The van der Waals surface area contributed by atoms with Gasteiger partial charge in [-0.05, 0) is 12.5 Å². The predicted octanol–water partition coefficient (Wildman–Crippen LogP) is 2.51.